The Kier molecular flexibility index (Phi) is 5.60. The molecule has 0 bridgehead atoms. The number of benzene rings is 3. The molecule has 4 N–H and O–H groups in total. The van der Waals surface area contributed by atoms with Crippen molar-refractivity contribution in [3.8, 4) is 22.6 Å². The molecule has 0 aliphatic heterocycles. The standard InChI is InChI=1S/C22H20N2O4/c1-28-17-5-2-4-14(12-17)13-24-22(27)19-7-3-6-18(20(19)25)15-8-10-16(11-9-15)21(23)26/h2-12,25H,13H2,1H3,(H2,23,26)(H,24,27). The summed E-state index contributed by atoms with van der Waals surface area (Å²) in [6.07, 6.45) is 0. The zero-order chi connectivity index (χ0) is 20.1. The Morgan fingerprint density at radius 2 is 1.75 bits per heavy atom. The molecule has 0 aliphatic carbocycles. The minimum atomic E-state index is -0.526. The molecule has 0 saturated heterocycles. The van der Waals surface area contributed by atoms with E-state index < -0.39 is 11.8 Å². The summed E-state index contributed by atoms with van der Waals surface area (Å²) in [7, 11) is 1.58. The quantitative estimate of drug-likeness (QED) is 0.615. The van der Waals surface area contributed by atoms with Crippen LogP contribution in [0.5, 0.6) is 11.5 Å². The first-order valence-corrected chi connectivity index (χ1v) is 8.63. The van der Waals surface area contributed by atoms with Crippen LogP contribution in [-0.4, -0.2) is 24.0 Å². The largest absolute Gasteiger partial charge is 0.506 e. The number of ether oxygens (including phenoxy) is 1. The SMILES string of the molecule is COc1cccc(CNC(=O)c2cccc(-c3ccc(C(N)=O)cc3)c2O)c1. The Bertz CT molecular complexity index is 1010. The van der Waals surface area contributed by atoms with Gasteiger partial charge in [0.25, 0.3) is 5.91 Å². The van der Waals surface area contributed by atoms with Gasteiger partial charge >= 0.3 is 0 Å². The number of nitrogens with two attached hydrogens (primary N) is 1. The highest BCUT2D eigenvalue weighted by molar-refractivity contribution is 5.99. The summed E-state index contributed by atoms with van der Waals surface area (Å²) in [5.41, 5.74) is 7.83. The second-order valence-corrected chi connectivity index (χ2v) is 6.18. The van der Waals surface area contributed by atoms with Gasteiger partial charge in [-0.1, -0.05) is 36.4 Å². The number of phenolic OH excluding ortho intramolecular Hbond substituents is 1. The Hall–Kier alpha value is -3.80. The molecule has 6 nitrogen and oxygen atoms in total. The maximum absolute atomic E-state index is 12.6. The number of para-hydroxylation sites is 1. The smallest absolute Gasteiger partial charge is 0.255 e. The van der Waals surface area contributed by atoms with Gasteiger partial charge in [0.05, 0.1) is 12.7 Å². The monoisotopic (exact) mass is 376 g/mol. The van der Waals surface area contributed by atoms with Gasteiger partial charge in [0.1, 0.15) is 11.5 Å². The van der Waals surface area contributed by atoms with Crippen LogP contribution in [0.4, 0.5) is 0 Å². The van der Waals surface area contributed by atoms with Gasteiger partial charge in [0, 0.05) is 17.7 Å². The van der Waals surface area contributed by atoms with E-state index in [4.69, 9.17) is 10.5 Å². The third kappa shape index (κ3) is 4.12. The molecule has 0 aromatic heterocycles. The lowest BCUT2D eigenvalue weighted by atomic mass is 9.99. The Morgan fingerprint density at radius 1 is 1.04 bits per heavy atom. The fraction of sp³-hybridized carbons (Fsp3) is 0.0909. The lowest BCUT2D eigenvalue weighted by Crippen LogP contribution is -2.23. The summed E-state index contributed by atoms with van der Waals surface area (Å²) in [5.74, 6) is -0.342. The molecule has 2 amide bonds. The number of hydrogen-bond acceptors (Lipinski definition) is 4. The van der Waals surface area contributed by atoms with E-state index in [-0.39, 0.29) is 11.3 Å². The highest BCUT2D eigenvalue weighted by atomic mass is 16.5. The predicted octanol–water partition coefficient (Wildman–Crippen LogP) is 3.10. The molecule has 28 heavy (non-hydrogen) atoms. The number of phenols is 1. The number of carbonyl (C=O) groups excluding carboxylic acids is 2. The summed E-state index contributed by atoms with van der Waals surface area (Å²) in [4.78, 5) is 23.8. The third-order valence-electron chi connectivity index (χ3n) is 4.35. The van der Waals surface area contributed by atoms with E-state index in [2.05, 4.69) is 5.32 Å². The molecule has 6 heteroatoms. The molecule has 0 radical (unpaired) electrons. The van der Waals surface area contributed by atoms with Crippen molar-refractivity contribution in [1.29, 1.82) is 0 Å². The molecule has 3 aromatic rings. The lowest BCUT2D eigenvalue weighted by molar-refractivity contribution is 0.0947. The minimum absolute atomic E-state index is 0.127. The van der Waals surface area contributed by atoms with Crippen molar-refractivity contribution in [3.05, 3.63) is 83.4 Å². The van der Waals surface area contributed by atoms with E-state index in [0.717, 1.165) is 5.56 Å². The van der Waals surface area contributed by atoms with Crippen LogP contribution >= 0.6 is 0 Å². The van der Waals surface area contributed by atoms with Crippen LogP contribution in [0.25, 0.3) is 11.1 Å². The molecule has 0 fully saturated rings. The van der Waals surface area contributed by atoms with Gasteiger partial charge in [-0.05, 0) is 41.5 Å². The van der Waals surface area contributed by atoms with E-state index in [1.165, 1.54) is 0 Å². The first-order chi connectivity index (χ1) is 13.5. The number of methoxy groups -OCH3 is 1. The lowest BCUT2D eigenvalue weighted by Gasteiger charge is -2.11. The van der Waals surface area contributed by atoms with Gasteiger partial charge in [0.2, 0.25) is 5.91 Å². The number of aromatic hydroxyl groups is 1. The van der Waals surface area contributed by atoms with Gasteiger partial charge in [-0.2, -0.15) is 0 Å². The highest BCUT2D eigenvalue weighted by Gasteiger charge is 2.15. The molecular weight excluding hydrogens is 356 g/mol. The van der Waals surface area contributed by atoms with Gasteiger partial charge in [0.15, 0.2) is 0 Å². The topological polar surface area (TPSA) is 102 Å². The predicted molar refractivity (Wildman–Crippen MR) is 106 cm³/mol. The van der Waals surface area contributed by atoms with Crippen molar-refractivity contribution in [1.82, 2.24) is 5.32 Å². The maximum Gasteiger partial charge on any atom is 0.255 e. The number of primary amides is 1. The molecule has 0 atom stereocenters. The molecular formula is C22H20N2O4. The van der Waals surface area contributed by atoms with Crippen molar-refractivity contribution in [2.75, 3.05) is 7.11 Å². The van der Waals surface area contributed by atoms with Crippen molar-refractivity contribution in [2.45, 2.75) is 6.54 Å². The molecule has 0 aliphatic rings. The molecule has 0 spiro atoms. The van der Waals surface area contributed by atoms with E-state index >= 15 is 0 Å². The Labute approximate surface area is 162 Å². The number of nitrogens with one attached hydrogen (secondary N) is 1. The maximum atomic E-state index is 12.6. The van der Waals surface area contributed by atoms with Crippen LogP contribution in [0.1, 0.15) is 26.3 Å². The molecule has 3 rings (SSSR count). The van der Waals surface area contributed by atoms with Crippen LogP contribution in [0.3, 0.4) is 0 Å². The Balaban J connectivity index is 1.79. The second kappa shape index (κ2) is 8.26. The fourth-order valence-electron chi connectivity index (χ4n) is 2.83. The van der Waals surface area contributed by atoms with Gasteiger partial charge in [-0.15, -0.1) is 0 Å². The van der Waals surface area contributed by atoms with Crippen LogP contribution < -0.4 is 15.8 Å². The summed E-state index contributed by atoms with van der Waals surface area (Å²) >= 11 is 0. The average molecular weight is 376 g/mol. The summed E-state index contributed by atoms with van der Waals surface area (Å²) in [6.45, 7) is 0.299. The summed E-state index contributed by atoms with van der Waals surface area (Å²) in [6, 6.07) is 18.8. The Morgan fingerprint density at radius 3 is 2.43 bits per heavy atom. The van der Waals surface area contributed by atoms with Gasteiger partial charge < -0.3 is 20.9 Å². The van der Waals surface area contributed by atoms with E-state index in [0.29, 0.717) is 29.0 Å². The second-order valence-electron chi connectivity index (χ2n) is 6.18. The van der Waals surface area contributed by atoms with E-state index in [1.807, 2.05) is 24.3 Å². The fourth-order valence-corrected chi connectivity index (χ4v) is 2.83. The van der Waals surface area contributed by atoms with Crippen molar-refractivity contribution in [2.24, 2.45) is 5.73 Å². The number of carbonyl (C=O) groups is 2. The number of hydrogen-bond donors (Lipinski definition) is 3. The van der Waals surface area contributed by atoms with Crippen LogP contribution in [0.2, 0.25) is 0 Å². The van der Waals surface area contributed by atoms with Crippen molar-refractivity contribution < 1.29 is 19.4 Å². The highest BCUT2D eigenvalue weighted by Crippen LogP contribution is 2.32. The average Bonchev–Trinajstić information content (AvgIpc) is 2.72. The molecule has 142 valence electrons. The number of amides is 2. The normalized spacial score (nSPS) is 10.3. The van der Waals surface area contributed by atoms with Crippen molar-refractivity contribution >= 4 is 11.8 Å². The van der Waals surface area contributed by atoms with E-state index in [1.54, 1.807) is 49.6 Å². The zero-order valence-corrected chi connectivity index (χ0v) is 15.3. The number of rotatable bonds is 6. The van der Waals surface area contributed by atoms with Gasteiger partial charge in [-0.25, -0.2) is 0 Å². The first kappa shape index (κ1) is 19.0. The van der Waals surface area contributed by atoms with Gasteiger partial charge in [-0.3, -0.25) is 9.59 Å². The molecule has 3 aromatic carbocycles. The van der Waals surface area contributed by atoms with Crippen molar-refractivity contribution in [3.63, 3.8) is 0 Å². The molecule has 0 heterocycles. The van der Waals surface area contributed by atoms with Crippen LogP contribution in [0, 0.1) is 0 Å². The summed E-state index contributed by atoms with van der Waals surface area (Å²) < 4.78 is 5.17. The minimum Gasteiger partial charge on any atom is -0.506 e. The van der Waals surface area contributed by atoms with E-state index in [9.17, 15) is 14.7 Å². The summed E-state index contributed by atoms with van der Waals surface area (Å²) in [5, 5.41) is 13.4. The third-order valence-corrected chi connectivity index (χ3v) is 4.35. The molecule has 0 saturated carbocycles. The van der Waals surface area contributed by atoms with Crippen LogP contribution in [0.15, 0.2) is 66.7 Å². The first-order valence-electron chi connectivity index (χ1n) is 8.63. The molecule has 0 unspecified atom stereocenters. The van der Waals surface area contributed by atoms with Crippen LogP contribution in [-0.2, 0) is 6.54 Å². The zero-order valence-electron chi connectivity index (χ0n) is 15.3.